The summed E-state index contributed by atoms with van der Waals surface area (Å²) in [5.41, 5.74) is 1.51. The number of benzene rings is 3. The van der Waals surface area contributed by atoms with Gasteiger partial charge in [-0.3, -0.25) is 4.31 Å². The van der Waals surface area contributed by atoms with Gasteiger partial charge >= 0.3 is 6.36 Å². The molecule has 0 aliphatic rings. The number of sulfonamides is 1. The van der Waals surface area contributed by atoms with Crippen molar-refractivity contribution >= 4 is 15.7 Å². The van der Waals surface area contributed by atoms with Crippen molar-refractivity contribution < 1.29 is 31.1 Å². The smallest absolute Gasteiger partial charge is 0.497 e. The Kier molecular flexibility index (Phi) is 6.74. The molecule has 0 unspecified atom stereocenters. The lowest BCUT2D eigenvalue weighted by atomic mass is 10.2. The van der Waals surface area contributed by atoms with Crippen LogP contribution in [0, 0.1) is 0 Å². The van der Waals surface area contributed by atoms with E-state index in [1.807, 2.05) is 0 Å². The highest BCUT2D eigenvalue weighted by atomic mass is 32.2. The van der Waals surface area contributed by atoms with E-state index in [4.69, 9.17) is 4.74 Å². The maximum atomic E-state index is 13.2. The minimum atomic E-state index is -4.83. The van der Waals surface area contributed by atoms with E-state index < -0.39 is 22.1 Å². The molecule has 0 spiro atoms. The minimum Gasteiger partial charge on any atom is -0.497 e. The van der Waals surface area contributed by atoms with Gasteiger partial charge in [-0.1, -0.05) is 42.5 Å². The fourth-order valence-corrected chi connectivity index (χ4v) is 4.48. The molecule has 0 radical (unpaired) electrons. The molecule has 0 heterocycles. The number of anilines is 1. The molecule has 5 nitrogen and oxygen atoms in total. The maximum Gasteiger partial charge on any atom is 0.573 e. The molecule has 0 aliphatic heterocycles. The van der Waals surface area contributed by atoms with Gasteiger partial charge in [0, 0.05) is 0 Å². The van der Waals surface area contributed by atoms with Crippen molar-refractivity contribution in [1.29, 1.82) is 0 Å². The van der Waals surface area contributed by atoms with E-state index in [9.17, 15) is 21.6 Å². The highest BCUT2D eigenvalue weighted by Gasteiger charge is 2.31. The van der Waals surface area contributed by atoms with Crippen LogP contribution in [0.15, 0.2) is 78.9 Å². The predicted molar refractivity (Wildman–Crippen MR) is 111 cm³/mol. The predicted octanol–water partition coefficient (Wildman–Crippen LogP) is 5.13. The lowest BCUT2D eigenvalue weighted by Gasteiger charge is -2.25. The summed E-state index contributed by atoms with van der Waals surface area (Å²) in [5, 5.41) is 0. The number of methoxy groups -OCH3 is 1. The Labute approximate surface area is 178 Å². The van der Waals surface area contributed by atoms with Crippen LogP contribution in [0.3, 0.4) is 0 Å². The zero-order chi connectivity index (χ0) is 22.5. The van der Waals surface area contributed by atoms with Crippen molar-refractivity contribution in [2.75, 3.05) is 11.4 Å². The van der Waals surface area contributed by atoms with Crippen LogP contribution < -0.4 is 13.8 Å². The Hall–Kier alpha value is -3.20. The second kappa shape index (κ2) is 9.30. The number of rotatable bonds is 8. The van der Waals surface area contributed by atoms with Crippen LogP contribution >= 0.6 is 0 Å². The van der Waals surface area contributed by atoms with Gasteiger partial charge in [0.2, 0.25) is 10.0 Å². The van der Waals surface area contributed by atoms with Crippen LogP contribution in [0.25, 0.3) is 0 Å². The monoisotopic (exact) mass is 451 g/mol. The van der Waals surface area contributed by atoms with Gasteiger partial charge in [-0.2, -0.15) is 0 Å². The average Bonchev–Trinajstić information content (AvgIpc) is 2.72. The number of hydrogen-bond acceptors (Lipinski definition) is 4. The first kappa shape index (κ1) is 22.5. The molecule has 0 amide bonds. The first-order valence-corrected chi connectivity index (χ1v) is 10.8. The van der Waals surface area contributed by atoms with Crippen molar-refractivity contribution in [2.24, 2.45) is 0 Å². The van der Waals surface area contributed by atoms with Gasteiger partial charge in [0.15, 0.2) is 0 Å². The molecule has 31 heavy (non-hydrogen) atoms. The van der Waals surface area contributed by atoms with Gasteiger partial charge in [0.25, 0.3) is 0 Å². The van der Waals surface area contributed by atoms with Crippen molar-refractivity contribution in [3.63, 3.8) is 0 Å². The molecule has 0 saturated carbocycles. The Bertz CT molecular complexity index is 1080. The Morgan fingerprint density at radius 2 is 1.39 bits per heavy atom. The van der Waals surface area contributed by atoms with E-state index in [1.165, 1.54) is 23.5 Å². The van der Waals surface area contributed by atoms with Crippen molar-refractivity contribution in [3.05, 3.63) is 90.0 Å². The van der Waals surface area contributed by atoms with E-state index >= 15 is 0 Å². The van der Waals surface area contributed by atoms with E-state index in [1.54, 1.807) is 54.6 Å². The molecule has 0 atom stereocenters. The van der Waals surface area contributed by atoms with Crippen LogP contribution in [0.5, 0.6) is 11.5 Å². The third-order valence-corrected chi connectivity index (χ3v) is 6.08. The highest BCUT2D eigenvalue weighted by molar-refractivity contribution is 7.92. The summed E-state index contributed by atoms with van der Waals surface area (Å²) in [7, 11) is -2.33. The van der Waals surface area contributed by atoms with Crippen LogP contribution in [0.2, 0.25) is 0 Å². The molecule has 3 aromatic carbocycles. The van der Waals surface area contributed by atoms with Gasteiger partial charge in [-0.25, -0.2) is 8.42 Å². The molecule has 0 aliphatic carbocycles. The normalized spacial score (nSPS) is 11.7. The van der Waals surface area contributed by atoms with Crippen LogP contribution in [-0.2, 0) is 22.3 Å². The van der Waals surface area contributed by atoms with E-state index in [2.05, 4.69) is 4.74 Å². The molecule has 9 heteroatoms. The minimum absolute atomic E-state index is 0.00135. The molecule has 0 bridgehead atoms. The summed E-state index contributed by atoms with van der Waals surface area (Å²) in [5.74, 6) is -0.0673. The second-order valence-corrected chi connectivity index (χ2v) is 8.53. The van der Waals surface area contributed by atoms with Gasteiger partial charge < -0.3 is 9.47 Å². The fourth-order valence-electron chi connectivity index (χ4n) is 2.92. The van der Waals surface area contributed by atoms with Crippen molar-refractivity contribution in [3.8, 4) is 11.5 Å². The number of alkyl halides is 3. The molecule has 164 valence electrons. The Morgan fingerprint density at radius 3 is 1.94 bits per heavy atom. The van der Waals surface area contributed by atoms with Gasteiger partial charge in [-0.15, -0.1) is 13.2 Å². The molecule has 0 aromatic heterocycles. The topological polar surface area (TPSA) is 55.8 Å². The number of nitrogens with zero attached hydrogens (tertiary/aromatic N) is 1. The molecular weight excluding hydrogens is 431 g/mol. The molecule has 3 rings (SSSR count). The summed E-state index contributed by atoms with van der Waals surface area (Å²) >= 11 is 0. The van der Waals surface area contributed by atoms with Gasteiger partial charge in [0.05, 0.1) is 25.1 Å². The van der Waals surface area contributed by atoms with E-state index in [0.29, 0.717) is 16.9 Å². The van der Waals surface area contributed by atoms with Crippen LogP contribution in [0.1, 0.15) is 11.1 Å². The number of hydrogen-bond donors (Lipinski definition) is 0. The van der Waals surface area contributed by atoms with Crippen molar-refractivity contribution in [2.45, 2.75) is 18.7 Å². The Balaban J connectivity index is 1.93. The zero-order valence-corrected chi connectivity index (χ0v) is 17.4. The third-order valence-electron chi connectivity index (χ3n) is 4.37. The summed E-state index contributed by atoms with van der Waals surface area (Å²) < 4.78 is 74.0. The zero-order valence-electron chi connectivity index (χ0n) is 16.5. The molecule has 0 fully saturated rings. The summed E-state index contributed by atoms with van der Waals surface area (Å²) in [4.78, 5) is 0. The average molecular weight is 451 g/mol. The standard InChI is InChI=1S/C22H20F3NO4S/c1-29-20-11-7-17(8-12-20)15-26(31(27,28)16-18-5-3-2-4-6-18)19-9-13-21(14-10-19)30-22(23,24)25/h2-14H,15-16H2,1H3. The summed E-state index contributed by atoms with van der Waals surface area (Å²) in [6.07, 6.45) is -4.83. The molecule has 0 saturated heterocycles. The van der Waals surface area contributed by atoms with Crippen LogP contribution in [-0.4, -0.2) is 21.9 Å². The molecule has 0 N–H and O–H groups in total. The third kappa shape index (κ3) is 6.39. The SMILES string of the molecule is COc1ccc(CN(c2ccc(OC(F)(F)F)cc2)S(=O)(=O)Cc2ccccc2)cc1. The largest absolute Gasteiger partial charge is 0.573 e. The van der Waals surface area contributed by atoms with E-state index in [0.717, 1.165) is 12.1 Å². The lowest BCUT2D eigenvalue weighted by molar-refractivity contribution is -0.274. The first-order valence-electron chi connectivity index (χ1n) is 9.19. The van der Waals surface area contributed by atoms with Crippen molar-refractivity contribution in [1.82, 2.24) is 0 Å². The van der Waals surface area contributed by atoms with Gasteiger partial charge in [-0.05, 0) is 47.5 Å². The molecule has 3 aromatic rings. The number of halogens is 3. The second-order valence-electron chi connectivity index (χ2n) is 6.64. The Morgan fingerprint density at radius 1 is 0.806 bits per heavy atom. The van der Waals surface area contributed by atoms with E-state index in [-0.39, 0.29) is 18.0 Å². The van der Waals surface area contributed by atoms with Gasteiger partial charge in [0.1, 0.15) is 11.5 Å². The summed E-state index contributed by atoms with van der Waals surface area (Å²) in [6.45, 7) is -0.00135. The summed E-state index contributed by atoms with van der Waals surface area (Å²) in [6, 6.07) is 20.3. The fraction of sp³-hybridized carbons (Fsp3) is 0.182. The first-order chi connectivity index (χ1) is 14.7. The van der Waals surface area contributed by atoms with Crippen LogP contribution in [0.4, 0.5) is 18.9 Å². The lowest BCUT2D eigenvalue weighted by Crippen LogP contribution is -2.31. The molecular formula is C22H20F3NO4S. The highest BCUT2D eigenvalue weighted by Crippen LogP contribution is 2.29. The quantitative estimate of drug-likeness (QED) is 0.477. The maximum absolute atomic E-state index is 13.2. The number of ether oxygens (including phenoxy) is 2.